The summed E-state index contributed by atoms with van der Waals surface area (Å²) in [6.45, 7) is 5.52. The number of amides is 1. The molecule has 7 rings (SSSR count). The van der Waals surface area contributed by atoms with Crippen LogP contribution in [0.15, 0.2) is 53.8 Å². The molecule has 10 heteroatoms. The third kappa shape index (κ3) is 3.24. The SMILES string of the molecule is Cc1cc2c(cnn2-c2ccc(F)cc2)cc1C12CN(Sc3cnn(C)n3)CC1C2C(=O)N1CCC1. The number of piperidine rings is 1. The van der Waals surface area contributed by atoms with Gasteiger partial charge in [0.25, 0.3) is 0 Å². The second-order valence-corrected chi connectivity index (χ2v) is 11.3. The van der Waals surface area contributed by atoms with Crippen LogP contribution in [-0.4, -0.2) is 66.1 Å². The van der Waals surface area contributed by atoms with E-state index in [1.54, 1.807) is 35.1 Å². The molecule has 2 saturated heterocycles. The number of hydrogen-bond donors (Lipinski definition) is 0. The number of likely N-dealkylation sites (tertiary alicyclic amines) is 1. The summed E-state index contributed by atoms with van der Waals surface area (Å²) in [5, 5.41) is 15.1. The van der Waals surface area contributed by atoms with Crippen LogP contribution in [0.2, 0.25) is 0 Å². The minimum atomic E-state index is -0.268. The largest absolute Gasteiger partial charge is 0.342 e. The highest BCUT2D eigenvalue weighted by Crippen LogP contribution is 2.66. The fourth-order valence-corrected chi connectivity index (χ4v) is 7.22. The summed E-state index contributed by atoms with van der Waals surface area (Å²) in [4.78, 5) is 17.1. The molecule has 2 aliphatic heterocycles. The van der Waals surface area contributed by atoms with E-state index in [2.05, 4.69) is 38.7 Å². The first kappa shape index (κ1) is 22.0. The molecule has 1 amide bonds. The Labute approximate surface area is 212 Å². The molecule has 3 unspecified atom stereocenters. The zero-order valence-corrected chi connectivity index (χ0v) is 21.0. The van der Waals surface area contributed by atoms with Crippen molar-refractivity contribution >= 4 is 28.8 Å². The van der Waals surface area contributed by atoms with Crippen molar-refractivity contribution in [2.24, 2.45) is 18.9 Å². The van der Waals surface area contributed by atoms with E-state index in [4.69, 9.17) is 0 Å². The number of fused-ring (bicyclic) bond motifs is 2. The summed E-state index contributed by atoms with van der Waals surface area (Å²) >= 11 is 1.62. The Bertz CT molecular complexity index is 1490. The van der Waals surface area contributed by atoms with Gasteiger partial charge in [-0.3, -0.25) is 4.79 Å². The Morgan fingerprint density at radius 3 is 2.64 bits per heavy atom. The Morgan fingerprint density at radius 1 is 1.14 bits per heavy atom. The molecular formula is C26H26FN7OS. The number of carbonyl (C=O) groups is 1. The third-order valence-electron chi connectivity index (χ3n) is 8.07. The minimum Gasteiger partial charge on any atom is -0.342 e. The molecule has 0 radical (unpaired) electrons. The number of halogens is 1. The van der Waals surface area contributed by atoms with Gasteiger partial charge in [0.2, 0.25) is 5.91 Å². The average Bonchev–Trinajstić information content (AvgIpc) is 3.19. The molecule has 184 valence electrons. The summed E-state index contributed by atoms with van der Waals surface area (Å²) in [5.41, 5.74) is 3.98. The lowest BCUT2D eigenvalue weighted by molar-refractivity contribution is -0.137. The van der Waals surface area contributed by atoms with E-state index in [-0.39, 0.29) is 23.1 Å². The Hall–Kier alpha value is -3.24. The van der Waals surface area contributed by atoms with E-state index in [1.807, 2.05) is 22.8 Å². The van der Waals surface area contributed by atoms with Gasteiger partial charge in [-0.25, -0.2) is 13.4 Å². The van der Waals surface area contributed by atoms with Crippen LogP contribution in [0.1, 0.15) is 17.5 Å². The molecule has 36 heavy (non-hydrogen) atoms. The predicted molar refractivity (Wildman–Crippen MR) is 134 cm³/mol. The molecule has 3 fully saturated rings. The van der Waals surface area contributed by atoms with Gasteiger partial charge in [-0.15, -0.1) is 5.10 Å². The Kier molecular flexibility index (Phi) is 4.81. The predicted octanol–water partition coefficient (Wildman–Crippen LogP) is 3.34. The molecule has 3 aliphatic rings. The van der Waals surface area contributed by atoms with Crippen molar-refractivity contribution in [3.63, 3.8) is 0 Å². The normalized spacial score (nSPS) is 25.2. The first-order chi connectivity index (χ1) is 17.4. The maximum Gasteiger partial charge on any atom is 0.227 e. The van der Waals surface area contributed by atoms with Gasteiger partial charge in [-0.2, -0.15) is 15.0 Å². The molecule has 8 nitrogen and oxygen atoms in total. The van der Waals surface area contributed by atoms with Gasteiger partial charge in [0.05, 0.1) is 29.5 Å². The molecule has 3 atom stereocenters. The summed E-state index contributed by atoms with van der Waals surface area (Å²) in [7, 11) is 1.82. The van der Waals surface area contributed by atoms with Gasteiger partial charge in [-0.1, -0.05) is 0 Å². The molecule has 4 aromatic rings. The molecular weight excluding hydrogens is 477 g/mol. The number of aromatic nitrogens is 5. The maximum atomic E-state index is 13.5. The van der Waals surface area contributed by atoms with Crippen molar-refractivity contribution in [1.82, 2.24) is 34.0 Å². The molecule has 1 aliphatic carbocycles. The number of carbonyl (C=O) groups excluding carboxylic acids is 1. The van der Waals surface area contributed by atoms with Crippen molar-refractivity contribution in [3.05, 3.63) is 65.7 Å². The van der Waals surface area contributed by atoms with Crippen LogP contribution >= 0.6 is 11.9 Å². The van der Waals surface area contributed by atoms with Gasteiger partial charge >= 0.3 is 0 Å². The first-order valence-corrected chi connectivity index (χ1v) is 13.0. The van der Waals surface area contributed by atoms with Crippen molar-refractivity contribution in [3.8, 4) is 5.69 Å². The quantitative estimate of drug-likeness (QED) is 0.389. The van der Waals surface area contributed by atoms with Crippen LogP contribution in [0.3, 0.4) is 0 Å². The van der Waals surface area contributed by atoms with Crippen molar-refractivity contribution < 1.29 is 9.18 Å². The van der Waals surface area contributed by atoms with Crippen molar-refractivity contribution in [1.29, 1.82) is 0 Å². The van der Waals surface area contributed by atoms with E-state index in [9.17, 15) is 9.18 Å². The summed E-state index contributed by atoms with van der Waals surface area (Å²) < 4.78 is 17.6. The second kappa shape index (κ2) is 7.88. The number of aryl methyl sites for hydroxylation is 2. The van der Waals surface area contributed by atoms with Crippen LogP contribution in [-0.2, 0) is 17.3 Å². The zero-order valence-electron chi connectivity index (χ0n) is 20.1. The summed E-state index contributed by atoms with van der Waals surface area (Å²) in [6.07, 6.45) is 4.74. The zero-order chi connectivity index (χ0) is 24.6. The van der Waals surface area contributed by atoms with Crippen molar-refractivity contribution in [2.75, 3.05) is 26.2 Å². The molecule has 0 N–H and O–H groups in total. The second-order valence-electron chi connectivity index (χ2n) is 10.1. The molecule has 0 spiro atoms. The van der Waals surface area contributed by atoms with Crippen LogP contribution in [0.4, 0.5) is 4.39 Å². The van der Waals surface area contributed by atoms with Crippen LogP contribution < -0.4 is 0 Å². The third-order valence-corrected chi connectivity index (χ3v) is 8.98. The average molecular weight is 504 g/mol. The Balaban J connectivity index is 1.26. The molecule has 1 saturated carbocycles. The van der Waals surface area contributed by atoms with E-state index < -0.39 is 0 Å². The summed E-state index contributed by atoms with van der Waals surface area (Å²) in [5.74, 6) is 0.324. The fourth-order valence-electron chi connectivity index (χ4n) is 6.20. The van der Waals surface area contributed by atoms with Crippen LogP contribution in [0.25, 0.3) is 16.6 Å². The maximum absolute atomic E-state index is 13.5. The van der Waals surface area contributed by atoms with Gasteiger partial charge in [0, 0.05) is 44.0 Å². The number of hydrogen-bond acceptors (Lipinski definition) is 6. The molecule has 4 heterocycles. The summed E-state index contributed by atoms with van der Waals surface area (Å²) in [6, 6.07) is 10.8. The molecule has 2 aromatic carbocycles. The van der Waals surface area contributed by atoms with Gasteiger partial charge < -0.3 is 4.90 Å². The lowest BCUT2D eigenvalue weighted by Gasteiger charge is -2.33. The fraction of sp³-hybridized carbons (Fsp3) is 0.385. The lowest BCUT2D eigenvalue weighted by Crippen LogP contribution is -2.45. The van der Waals surface area contributed by atoms with E-state index in [1.165, 1.54) is 17.7 Å². The highest BCUT2D eigenvalue weighted by Gasteiger charge is 2.73. The van der Waals surface area contributed by atoms with E-state index in [0.29, 0.717) is 5.91 Å². The number of rotatable bonds is 5. The van der Waals surface area contributed by atoms with E-state index >= 15 is 0 Å². The monoisotopic (exact) mass is 503 g/mol. The number of nitrogens with zero attached hydrogens (tertiary/aromatic N) is 7. The van der Waals surface area contributed by atoms with Crippen LogP contribution in [0, 0.1) is 24.6 Å². The molecule has 2 aromatic heterocycles. The molecule has 0 bridgehead atoms. The minimum absolute atomic E-state index is 0.0137. The lowest BCUT2D eigenvalue weighted by atomic mass is 9.88. The van der Waals surface area contributed by atoms with E-state index in [0.717, 1.165) is 59.8 Å². The highest BCUT2D eigenvalue weighted by atomic mass is 32.2. The van der Waals surface area contributed by atoms with Crippen molar-refractivity contribution in [2.45, 2.75) is 23.8 Å². The number of benzene rings is 2. The van der Waals surface area contributed by atoms with Gasteiger partial charge in [0.15, 0.2) is 5.03 Å². The van der Waals surface area contributed by atoms with Gasteiger partial charge in [-0.05, 0) is 78.7 Å². The Morgan fingerprint density at radius 2 is 1.94 bits per heavy atom. The van der Waals surface area contributed by atoms with Gasteiger partial charge in [0.1, 0.15) is 5.82 Å². The first-order valence-electron chi connectivity index (χ1n) is 12.3. The standard InChI is InChI=1S/C26H26FN7OS/c1-16-10-22-17(12-29-34(22)19-6-4-18(27)5-7-19)11-20(16)26-15-33(36-23-13-28-31(2)30-23)14-21(26)24(26)25(35)32-8-3-9-32/h4-7,10-13,21,24H,3,8-9,14-15H2,1-2H3. The van der Waals surface area contributed by atoms with Crippen LogP contribution in [0.5, 0.6) is 0 Å². The highest BCUT2D eigenvalue weighted by molar-refractivity contribution is 7.97. The topological polar surface area (TPSA) is 72.1 Å². The smallest absolute Gasteiger partial charge is 0.227 e.